The van der Waals surface area contributed by atoms with E-state index in [1.54, 1.807) is 0 Å². The highest BCUT2D eigenvalue weighted by Crippen LogP contribution is 2.18. The summed E-state index contributed by atoms with van der Waals surface area (Å²) in [6, 6.07) is 0. The molecule has 81 heavy (non-hydrogen) atoms. The summed E-state index contributed by atoms with van der Waals surface area (Å²) >= 11 is 0. The molecular formula is C75H134O6. The van der Waals surface area contributed by atoms with Crippen molar-refractivity contribution in [3.05, 3.63) is 72.9 Å². The number of ether oxygens (including phenoxy) is 3. The number of unbranched alkanes of at least 4 members (excludes halogenated alkanes) is 42. The van der Waals surface area contributed by atoms with Crippen molar-refractivity contribution >= 4 is 17.9 Å². The predicted octanol–water partition coefficient (Wildman–Crippen LogP) is 24.4. The molecule has 6 nitrogen and oxygen atoms in total. The molecule has 0 aromatic carbocycles. The van der Waals surface area contributed by atoms with Gasteiger partial charge in [-0.2, -0.15) is 0 Å². The largest absolute Gasteiger partial charge is 0.462 e. The summed E-state index contributed by atoms with van der Waals surface area (Å²) in [6.07, 6.45) is 90.9. The molecule has 6 heteroatoms. The Morgan fingerprint density at radius 2 is 0.481 bits per heavy atom. The summed E-state index contributed by atoms with van der Waals surface area (Å²) < 4.78 is 16.9. The number of hydrogen-bond acceptors (Lipinski definition) is 6. The van der Waals surface area contributed by atoms with E-state index in [1.165, 1.54) is 225 Å². The Labute approximate surface area is 503 Å². The molecule has 0 fully saturated rings. The molecular weight excluding hydrogens is 997 g/mol. The van der Waals surface area contributed by atoms with E-state index in [-0.39, 0.29) is 31.1 Å². The molecule has 0 radical (unpaired) electrons. The van der Waals surface area contributed by atoms with E-state index in [4.69, 9.17) is 14.2 Å². The van der Waals surface area contributed by atoms with E-state index in [9.17, 15) is 14.4 Å². The normalized spacial score (nSPS) is 12.5. The van der Waals surface area contributed by atoms with E-state index in [0.29, 0.717) is 19.3 Å². The van der Waals surface area contributed by atoms with Crippen molar-refractivity contribution in [2.75, 3.05) is 13.2 Å². The van der Waals surface area contributed by atoms with Crippen LogP contribution in [-0.4, -0.2) is 37.2 Å². The van der Waals surface area contributed by atoms with Gasteiger partial charge in [-0.1, -0.05) is 331 Å². The van der Waals surface area contributed by atoms with Gasteiger partial charge in [0.05, 0.1) is 0 Å². The Kier molecular flexibility index (Phi) is 66.6. The quantitative estimate of drug-likeness (QED) is 0.0261. The van der Waals surface area contributed by atoms with Crippen LogP contribution in [0, 0.1) is 0 Å². The molecule has 0 aromatic heterocycles. The summed E-state index contributed by atoms with van der Waals surface area (Å²) in [5.41, 5.74) is 0. The van der Waals surface area contributed by atoms with Gasteiger partial charge in [0.1, 0.15) is 13.2 Å². The maximum Gasteiger partial charge on any atom is 0.306 e. The molecule has 0 rings (SSSR count). The van der Waals surface area contributed by atoms with Crippen molar-refractivity contribution in [1.29, 1.82) is 0 Å². The highest BCUT2D eigenvalue weighted by Gasteiger charge is 2.19. The first-order chi connectivity index (χ1) is 40.0. The molecule has 0 bridgehead atoms. The minimum absolute atomic E-state index is 0.0884. The average molecular weight is 1130 g/mol. The summed E-state index contributed by atoms with van der Waals surface area (Å²) in [6.45, 7) is 6.54. The van der Waals surface area contributed by atoms with Crippen molar-refractivity contribution in [1.82, 2.24) is 0 Å². The van der Waals surface area contributed by atoms with Crippen LogP contribution in [0.1, 0.15) is 367 Å². The topological polar surface area (TPSA) is 78.9 Å². The van der Waals surface area contributed by atoms with Crippen LogP contribution in [0.2, 0.25) is 0 Å². The lowest BCUT2D eigenvalue weighted by atomic mass is 10.0. The predicted molar refractivity (Wildman–Crippen MR) is 353 cm³/mol. The Hall–Kier alpha value is -3.15. The van der Waals surface area contributed by atoms with Gasteiger partial charge in [-0.25, -0.2) is 0 Å². The van der Waals surface area contributed by atoms with Gasteiger partial charge in [0.2, 0.25) is 0 Å². The van der Waals surface area contributed by atoms with E-state index >= 15 is 0 Å². The second kappa shape index (κ2) is 69.3. The summed E-state index contributed by atoms with van der Waals surface area (Å²) in [5.74, 6) is -0.910. The summed E-state index contributed by atoms with van der Waals surface area (Å²) in [7, 11) is 0. The first kappa shape index (κ1) is 77.9. The fourth-order valence-corrected chi connectivity index (χ4v) is 10.4. The van der Waals surface area contributed by atoms with Crippen LogP contribution in [0.5, 0.6) is 0 Å². The van der Waals surface area contributed by atoms with Gasteiger partial charge in [0.15, 0.2) is 6.10 Å². The zero-order valence-corrected chi connectivity index (χ0v) is 54.1. The van der Waals surface area contributed by atoms with Crippen molar-refractivity contribution < 1.29 is 28.6 Å². The maximum absolute atomic E-state index is 12.9. The third-order valence-corrected chi connectivity index (χ3v) is 15.7. The number of carbonyl (C=O) groups excluding carboxylic acids is 3. The van der Waals surface area contributed by atoms with Gasteiger partial charge >= 0.3 is 17.9 Å². The van der Waals surface area contributed by atoms with Crippen LogP contribution in [0.4, 0.5) is 0 Å². The molecule has 0 spiro atoms. The van der Waals surface area contributed by atoms with E-state index in [2.05, 4.69) is 93.7 Å². The van der Waals surface area contributed by atoms with E-state index in [1.807, 2.05) is 0 Å². The lowest BCUT2D eigenvalue weighted by molar-refractivity contribution is -0.167. The number of carbonyl (C=O) groups is 3. The fourth-order valence-electron chi connectivity index (χ4n) is 10.4. The molecule has 0 aliphatic heterocycles. The van der Waals surface area contributed by atoms with Crippen molar-refractivity contribution in [3.8, 4) is 0 Å². The highest BCUT2D eigenvalue weighted by atomic mass is 16.6. The van der Waals surface area contributed by atoms with Gasteiger partial charge in [-0.05, 0) is 89.9 Å². The number of esters is 3. The molecule has 0 aromatic rings. The molecule has 1 atom stereocenters. The van der Waals surface area contributed by atoms with Crippen LogP contribution in [0.15, 0.2) is 72.9 Å². The second-order valence-electron chi connectivity index (χ2n) is 23.8. The smallest absolute Gasteiger partial charge is 0.306 e. The summed E-state index contributed by atoms with van der Waals surface area (Å²) in [5, 5.41) is 0. The molecule has 0 amide bonds. The van der Waals surface area contributed by atoms with Gasteiger partial charge in [0.25, 0.3) is 0 Å². The van der Waals surface area contributed by atoms with Crippen LogP contribution < -0.4 is 0 Å². The molecule has 0 aliphatic carbocycles. The van der Waals surface area contributed by atoms with Crippen molar-refractivity contribution in [2.24, 2.45) is 0 Å². The summed E-state index contributed by atoms with van der Waals surface area (Å²) in [4.78, 5) is 38.4. The lowest BCUT2D eigenvalue weighted by Gasteiger charge is -2.18. The van der Waals surface area contributed by atoms with Crippen molar-refractivity contribution in [3.63, 3.8) is 0 Å². The average Bonchev–Trinajstić information content (AvgIpc) is 3.47. The van der Waals surface area contributed by atoms with Crippen LogP contribution in [0.3, 0.4) is 0 Å². The standard InChI is InChI=1S/C75H134O6/c1-4-7-10-13-16-19-22-25-28-30-32-33-34-35-36-37-38-39-40-41-43-44-47-50-53-56-59-62-65-68-74(77)80-71-72(70-79-73(76)67-64-61-58-55-52-49-46-27-24-21-18-15-12-9-6-3)81-75(78)69-66-63-60-57-54-51-48-45-42-31-29-26-23-20-17-14-11-8-5-2/h8,11,17,20,26-27,29,42,45-46,51,54,72H,4-7,9-10,12-16,18-19,21-25,28,30-41,43-44,47-50,52-53,55-71H2,1-3H3/b11-8-,20-17-,29-26-,45-42-,46-27-,54-51-. The molecule has 0 N–H and O–H groups in total. The molecule has 0 heterocycles. The zero-order valence-electron chi connectivity index (χ0n) is 54.1. The number of rotatable bonds is 65. The molecule has 0 saturated carbocycles. The Morgan fingerprint density at radius 1 is 0.259 bits per heavy atom. The molecule has 1 unspecified atom stereocenters. The third kappa shape index (κ3) is 67.5. The Balaban J connectivity index is 4.27. The Morgan fingerprint density at radius 3 is 0.778 bits per heavy atom. The van der Waals surface area contributed by atoms with Gasteiger partial charge < -0.3 is 14.2 Å². The van der Waals surface area contributed by atoms with E-state index < -0.39 is 6.10 Å². The van der Waals surface area contributed by atoms with Crippen molar-refractivity contribution in [2.45, 2.75) is 374 Å². The highest BCUT2D eigenvalue weighted by molar-refractivity contribution is 5.71. The van der Waals surface area contributed by atoms with Crippen LogP contribution in [0.25, 0.3) is 0 Å². The SMILES string of the molecule is CC/C=C\C/C=C\C/C=C\C/C=C\C/C=C\CCCCCC(=O)OC(COC(=O)CCCCCCC/C=C\CCCCCCCC)COC(=O)CCCCCCCCCCCCCCCCCCCCCCCCCCCCCCC. The van der Waals surface area contributed by atoms with Crippen LogP contribution >= 0.6 is 0 Å². The minimum atomic E-state index is -0.797. The second-order valence-corrected chi connectivity index (χ2v) is 23.8. The van der Waals surface area contributed by atoms with Crippen LogP contribution in [-0.2, 0) is 28.6 Å². The fraction of sp³-hybridized carbons (Fsp3) is 0.800. The monoisotopic (exact) mass is 1130 g/mol. The minimum Gasteiger partial charge on any atom is -0.462 e. The first-order valence-electron chi connectivity index (χ1n) is 35.4. The maximum atomic E-state index is 12.9. The Bertz CT molecular complexity index is 1490. The van der Waals surface area contributed by atoms with Gasteiger partial charge in [-0.3, -0.25) is 14.4 Å². The van der Waals surface area contributed by atoms with Gasteiger partial charge in [-0.15, -0.1) is 0 Å². The molecule has 0 saturated heterocycles. The third-order valence-electron chi connectivity index (χ3n) is 15.7. The molecule has 470 valence electrons. The zero-order chi connectivity index (χ0) is 58.5. The molecule has 0 aliphatic rings. The van der Waals surface area contributed by atoms with Gasteiger partial charge in [0, 0.05) is 19.3 Å². The number of hydrogen-bond donors (Lipinski definition) is 0. The lowest BCUT2D eigenvalue weighted by Crippen LogP contribution is -2.30. The first-order valence-corrected chi connectivity index (χ1v) is 35.4. The number of allylic oxidation sites excluding steroid dienone is 12. The van der Waals surface area contributed by atoms with E-state index in [0.717, 1.165) is 103 Å².